The van der Waals surface area contributed by atoms with Crippen molar-refractivity contribution in [3.8, 4) is 0 Å². The van der Waals surface area contributed by atoms with E-state index in [4.69, 9.17) is 0 Å². The molecule has 0 unspecified atom stereocenters. The van der Waals surface area contributed by atoms with Gasteiger partial charge in [0, 0.05) is 18.7 Å². The van der Waals surface area contributed by atoms with Crippen molar-refractivity contribution in [2.75, 3.05) is 18.0 Å². The van der Waals surface area contributed by atoms with Crippen LogP contribution in [0.4, 0.5) is 5.69 Å². The van der Waals surface area contributed by atoms with Crippen LogP contribution in [0.25, 0.3) is 0 Å². The van der Waals surface area contributed by atoms with E-state index in [9.17, 15) is 23.1 Å². The Bertz CT molecular complexity index is 624. The van der Waals surface area contributed by atoms with E-state index in [-0.39, 0.29) is 10.8 Å². The third-order valence-electron chi connectivity index (χ3n) is 2.94. The maximum atomic E-state index is 11.8. The number of rotatable bonds is 5. The van der Waals surface area contributed by atoms with Crippen LogP contribution >= 0.6 is 0 Å². The number of nitrogens with zero attached hydrogens (tertiary/aromatic N) is 1. The Morgan fingerprint density at radius 3 is 2.45 bits per heavy atom. The van der Waals surface area contributed by atoms with E-state index < -0.39 is 22.5 Å². The number of carboxylic acid groups (broad SMARTS) is 1. The molecule has 1 aromatic rings. The minimum Gasteiger partial charge on any atom is -0.549 e. The molecule has 1 heterocycles. The average molecular weight is 297 g/mol. The van der Waals surface area contributed by atoms with Crippen LogP contribution in [-0.4, -0.2) is 33.4 Å². The van der Waals surface area contributed by atoms with E-state index in [0.717, 1.165) is 6.42 Å². The molecule has 108 valence electrons. The SMILES string of the molecule is O=C([O-])CNS(=O)(=O)c1ccc(N2CCCC2=O)cc1. The highest BCUT2D eigenvalue weighted by Crippen LogP contribution is 2.22. The highest BCUT2D eigenvalue weighted by atomic mass is 32.2. The number of hydrogen-bond acceptors (Lipinski definition) is 5. The zero-order chi connectivity index (χ0) is 14.8. The average Bonchev–Trinajstić information content (AvgIpc) is 2.83. The Morgan fingerprint density at radius 2 is 1.95 bits per heavy atom. The van der Waals surface area contributed by atoms with Gasteiger partial charge in [-0.15, -0.1) is 0 Å². The maximum Gasteiger partial charge on any atom is 0.240 e. The van der Waals surface area contributed by atoms with Gasteiger partial charge in [0.25, 0.3) is 0 Å². The van der Waals surface area contributed by atoms with Crippen molar-refractivity contribution in [3.63, 3.8) is 0 Å². The third-order valence-corrected chi connectivity index (χ3v) is 4.36. The fourth-order valence-corrected chi connectivity index (χ4v) is 2.93. The number of carbonyl (C=O) groups is 2. The fourth-order valence-electron chi connectivity index (χ4n) is 1.96. The van der Waals surface area contributed by atoms with Crippen molar-refractivity contribution in [2.24, 2.45) is 0 Å². The van der Waals surface area contributed by atoms with Crippen LogP contribution in [-0.2, 0) is 19.6 Å². The molecule has 20 heavy (non-hydrogen) atoms. The summed E-state index contributed by atoms with van der Waals surface area (Å²) in [4.78, 5) is 23.3. The first-order valence-electron chi connectivity index (χ1n) is 6.00. The molecule has 8 heteroatoms. The number of carbonyl (C=O) groups excluding carboxylic acids is 2. The lowest BCUT2D eigenvalue weighted by Gasteiger charge is -2.16. The Balaban J connectivity index is 2.15. The second kappa shape index (κ2) is 5.59. The molecule has 1 saturated heterocycles. The van der Waals surface area contributed by atoms with Crippen LogP contribution in [0.3, 0.4) is 0 Å². The van der Waals surface area contributed by atoms with Crippen molar-refractivity contribution < 1.29 is 23.1 Å². The molecule has 2 rings (SSSR count). The lowest BCUT2D eigenvalue weighted by atomic mass is 10.3. The van der Waals surface area contributed by atoms with Crippen LogP contribution in [0.2, 0.25) is 0 Å². The van der Waals surface area contributed by atoms with E-state index >= 15 is 0 Å². The smallest absolute Gasteiger partial charge is 0.240 e. The Kier molecular flexibility index (Phi) is 4.05. The van der Waals surface area contributed by atoms with Crippen LogP contribution < -0.4 is 14.7 Å². The van der Waals surface area contributed by atoms with Gasteiger partial charge in [-0.1, -0.05) is 0 Å². The molecule has 7 nitrogen and oxygen atoms in total. The van der Waals surface area contributed by atoms with E-state index in [1.54, 1.807) is 4.90 Å². The number of sulfonamides is 1. The summed E-state index contributed by atoms with van der Waals surface area (Å²) in [7, 11) is -3.88. The van der Waals surface area contributed by atoms with Gasteiger partial charge in [-0.3, -0.25) is 4.79 Å². The van der Waals surface area contributed by atoms with Gasteiger partial charge in [0.15, 0.2) is 0 Å². The fraction of sp³-hybridized carbons (Fsp3) is 0.333. The molecule has 1 N–H and O–H groups in total. The largest absolute Gasteiger partial charge is 0.549 e. The standard InChI is InChI=1S/C12H14N2O5S/c15-11-2-1-7-14(11)9-3-5-10(6-4-9)20(18,19)13-8-12(16)17/h3-6,13H,1-2,7-8H2,(H,16,17)/p-1. The monoisotopic (exact) mass is 297 g/mol. The van der Waals surface area contributed by atoms with Crippen molar-refractivity contribution in [1.29, 1.82) is 0 Å². The molecular formula is C12H13N2O5S-. The van der Waals surface area contributed by atoms with Crippen LogP contribution in [0.5, 0.6) is 0 Å². The van der Waals surface area contributed by atoms with Gasteiger partial charge in [-0.25, -0.2) is 13.1 Å². The van der Waals surface area contributed by atoms with Gasteiger partial charge >= 0.3 is 0 Å². The lowest BCUT2D eigenvalue weighted by Crippen LogP contribution is -2.37. The van der Waals surface area contributed by atoms with E-state index in [1.807, 2.05) is 4.72 Å². The minimum absolute atomic E-state index is 0.00989. The number of nitrogens with one attached hydrogen (secondary N) is 1. The molecule has 1 aliphatic rings. The quantitative estimate of drug-likeness (QED) is 0.738. The first kappa shape index (κ1) is 14.5. The summed E-state index contributed by atoms with van der Waals surface area (Å²) in [6, 6.07) is 5.71. The van der Waals surface area contributed by atoms with Crippen molar-refractivity contribution in [1.82, 2.24) is 4.72 Å². The Labute approximate surface area is 116 Å². The molecular weight excluding hydrogens is 284 g/mol. The van der Waals surface area contributed by atoms with Gasteiger partial charge in [-0.2, -0.15) is 0 Å². The van der Waals surface area contributed by atoms with Crippen molar-refractivity contribution >= 4 is 27.6 Å². The number of hydrogen-bond donors (Lipinski definition) is 1. The summed E-state index contributed by atoms with van der Waals surface area (Å²) < 4.78 is 25.4. The number of benzene rings is 1. The third kappa shape index (κ3) is 3.14. The highest BCUT2D eigenvalue weighted by molar-refractivity contribution is 7.89. The normalized spacial score (nSPS) is 15.6. The van der Waals surface area contributed by atoms with E-state index in [2.05, 4.69) is 0 Å². The van der Waals surface area contributed by atoms with Gasteiger partial charge < -0.3 is 14.8 Å². The number of aliphatic carboxylic acids is 1. The van der Waals surface area contributed by atoms with Gasteiger partial charge in [0.05, 0.1) is 17.4 Å². The molecule has 1 aliphatic heterocycles. The zero-order valence-electron chi connectivity index (χ0n) is 10.5. The molecule has 0 saturated carbocycles. The summed E-state index contributed by atoms with van der Waals surface area (Å²) in [6.45, 7) is -0.164. The summed E-state index contributed by atoms with van der Waals surface area (Å²) in [5.74, 6) is -1.50. The Hall–Kier alpha value is -1.93. The highest BCUT2D eigenvalue weighted by Gasteiger charge is 2.22. The topological polar surface area (TPSA) is 107 Å². The predicted molar refractivity (Wildman–Crippen MR) is 68.2 cm³/mol. The van der Waals surface area contributed by atoms with Crippen molar-refractivity contribution in [2.45, 2.75) is 17.7 Å². The van der Waals surface area contributed by atoms with Gasteiger partial charge in [0.1, 0.15) is 0 Å². The molecule has 0 atom stereocenters. The molecule has 0 aromatic heterocycles. The number of carboxylic acids is 1. The number of anilines is 1. The van der Waals surface area contributed by atoms with Crippen LogP contribution in [0.1, 0.15) is 12.8 Å². The zero-order valence-corrected chi connectivity index (χ0v) is 11.4. The second-order valence-corrected chi connectivity index (χ2v) is 6.11. The molecule has 1 amide bonds. The molecule has 0 radical (unpaired) electrons. The van der Waals surface area contributed by atoms with E-state index in [0.29, 0.717) is 18.7 Å². The second-order valence-electron chi connectivity index (χ2n) is 4.34. The molecule has 0 aliphatic carbocycles. The molecule has 0 spiro atoms. The summed E-state index contributed by atoms with van der Waals surface area (Å²) in [6.07, 6.45) is 1.28. The Morgan fingerprint density at radius 1 is 1.30 bits per heavy atom. The summed E-state index contributed by atoms with van der Waals surface area (Å²) >= 11 is 0. The minimum atomic E-state index is -3.88. The first-order chi connectivity index (χ1) is 9.40. The van der Waals surface area contributed by atoms with Crippen LogP contribution in [0.15, 0.2) is 29.2 Å². The summed E-state index contributed by atoms with van der Waals surface area (Å²) in [5, 5.41) is 10.3. The first-order valence-corrected chi connectivity index (χ1v) is 7.48. The van der Waals surface area contributed by atoms with Gasteiger partial charge in [0.2, 0.25) is 15.9 Å². The predicted octanol–water partition coefficient (Wildman–Crippen LogP) is -1.16. The molecule has 1 fully saturated rings. The van der Waals surface area contributed by atoms with E-state index in [1.165, 1.54) is 24.3 Å². The lowest BCUT2D eigenvalue weighted by molar-refractivity contribution is -0.303. The molecule has 1 aromatic carbocycles. The van der Waals surface area contributed by atoms with Crippen molar-refractivity contribution in [3.05, 3.63) is 24.3 Å². The summed E-state index contributed by atoms with van der Waals surface area (Å²) in [5.41, 5.74) is 0.631. The maximum absolute atomic E-state index is 11.8. The van der Waals surface area contributed by atoms with Gasteiger partial charge in [-0.05, 0) is 30.7 Å². The molecule has 0 bridgehead atoms. The van der Waals surface area contributed by atoms with Crippen LogP contribution in [0, 0.1) is 0 Å². The number of amides is 1.